The van der Waals surface area contributed by atoms with E-state index in [0.717, 1.165) is 32.7 Å². The van der Waals surface area contributed by atoms with E-state index in [4.69, 9.17) is 0 Å². The van der Waals surface area contributed by atoms with Gasteiger partial charge in [-0.3, -0.25) is 4.90 Å². The molecule has 2 heterocycles. The van der Waals surface area contributed by atoms with Crippen molar-refractivity contribution in [3.8, 4) is 0 Å². The molecule has 2 rings (SSSR count). The second-order valence-corrected chi connectivity index (χ2v) is 5.46. The first-order chi connectivity index (χ1) is 8.65. The minimum Gasteiger partial charge on any atom is -0.328 e. The molecule has 0 radical (unpaired) electrons. The van der Waals surface area contributed by atoms with Gasteiger partial charge in [0.15, 0.2) is 0 Å². The topological polar surface area (TPSA) is 24.3 Å². The SMILES string of the molecule is CCN(CC)CC1CN(C(C)C)Cc2cncn21. The van der Waals surface area contributed by atoms with Crippen LogP contribution < -0.4 is 0 Å². The Morgan fingerprint density at radius 1 is 1.39 bits per heavy atom. The van der Waals surface area contributed by atoms with Gasteiger partial charge in [-0.05, 0) is 26.9 Å². The van der Waals surface area contributed by atoms with Crippen LogP contribution in [0.4, 0.5) is 0 Å². The van der Waals surface area contributed by atoms with Crippen LogP contribution in [0.1, 0.15) is 39.4 Å². The molecule has 1 atom stereocenters. The Balaban J connectivity index is 2.14. The Morgan fingerprint density at radius 2 is 2.11 bits per heavy atom. The van der Waals surface area contributed by atoms with Gasteiger partial charge in [0, 0.05) is 31.9 Å². The summed E-state index contributed by atoms with van der Waals surface area (Å²) in [6.45, 7) is 14.6. The van der Waals surface area contributed by atoms with Crippen molar-refractivity contribution in [2.24, 2.45) is 0 Å². The Morgan fingerprint density at radius 3 is 2.72 bits per heavy atom. The van der Waals surface area contributed by atoms with Crippen molar-refractivity contribution in [1.29, 1.82) is 0 Å². The average molecular weight is 250 g/mol. The van der Waals surface area contributed by atoms with E-state index in [1.165, 1.54) is 5.69 Å². The maximum absolute atomic E-state index is 4.32. The lowest BCUT2D eigenvalue weighted by Crippen LogP contribution is -2.44. The number of hydrogen-bond acceptors (Lipinski definition) is 3. The van der Waals surface area contributed by atoms with Crippen LogP contribution in [0, 0.1) is 0 Å². The highest BCUT2D eigenvalue weighted by Gasteiger charge is 2.27. The van der Waals surface area contributed by atoms with Gasteiger partial charge in [-0.2, -0.15) is 0 Å². The van der Waals surface area contributed by atoms with E-state index in [1.807, 2.05) is 12.5 Å². The zero-order valence-electron chi connectivity index (χ0n) is 12.1. The van der Waals surface area contributed by atoms with Crippen LogP contribution in [0.5, 0.6) is 0 Å². The van der Waals surface area contributed by atoms with Gasteiger partial charge < -0.3 is 9.47 Å². The van der Waals surface area contributed by atoms with Crippen molar-refractivity contribution in [3.63, 3.8) is 0 Å². The molecule has 1 aliphatic heterocycles. The summed E-state index contributed by atoms with van der Waals surface area (Å²) in [4.78, 5) is 9.37. The third-order valence-corrected chi connectivity index (χ3v) is 4.04. The van der Waals surface area contributed by atoms with Gasteiger partial charge in [-0.15, -0.1) is 0 Å². The molecule has 0 spiro atoms. The van der Waals surface area contributed by atoms with Crippen molar-refractivity contribution in [1.82, 2.24) is 19.4 Å². The van der Waals surface area contributed by atoms with Crippen LogP contribution in [0.2, 0.25) is 0 Å². The molecule has 4 nitrogen and oxygen atoms in total. The first-order valence-corrected chi connectivity index (χ1v) is 7.12. The monoisotopic (exact) mass is 250 g/mol. The maximum Gasteiger partial charge on any atom is 0.0952 e. The lowest BCUT2D eigenvalue weighted by Gasteiger charge is -2.38. The van der Waals surface area contributed by atoms with E-state index in [-0.39, 0.29) is 0 Å². The normalized spacial score (nSPS) is 20.7. The summed E-state index contributed by atoms with van der Waals surface area (Å²) in [6, 6.07) is 1.14. The van der Waals surface area contributed by atoms with Gasteiger partial charge in [-0.1, -0.05) is 13.8 Å². The molecule has 102 valence electrons. The fourth-order valence-corrected chi connectivity index (χ4v) is 2.73. The molecule has 4 heteroatoms. The first kappa shape index (κ1) is 13.6. The maximum atomic E-state index is 4.32. The standard InChI is InChI=1S/C14H26N4/c1-5-16(6-2)8-14-10-17(12(3)4)9-13-7-15-11-18(13)14/h7,11-12,14H,5-6,8-10H2,1-4H3. The third kappa shape index (κ3) is 2.75. The highest BCUT2D eigenvalue weighted by molar-refractivity contribution is 5.05. The predicted molar refractivity (Wildman–Crippen MR) is 74.6 cm³/mol. The van der Waals surface area contributed by atoms with Crippen molar-refractivity contribution >= 4 is 0 Å². The predicted octanol–water partition coefficient (Wildman–Crippen LogP) is 1.99. The summed E-state index contributed by atoms with van der Waals surface area (Å²) in [7, 11) is 0. The molecule has 0 bridgehead atoms. The van der Waals surface area contributed by atoms with Gasteiger partial charge in [0.25, 0.3) is 0 Å². The Hall–Kier alpha value is -0.870. The summed E-state index contributed by atoms with van der Waals surface area (Å²) in [5.74, 6) is 0. The number of aromatic nitrogens is 2. The fourth-order valence-electron chi connectivity index (χ4n) is 2.73. The molecular formula is C14H26N4. The molecule has 0 amide bonds. The minimum atomic E-state index is 0.540. The van der Waals surface area contributed by atoms with E-state index in [0.29, 0.717) is 12.1 Å². The van der Waals surface area contributed by atoms with Crippen LogP contribution in [0.25, 0.3) is 0 Å². The number of likely N-dealkylation sites (N-methyl/N-ethyl adjacent to an activating group) is 1. The average Bonchev–Trinajstić information content (AvgIpc) is 2.83. The molecule has 0 saturated heterocycles. The van der Waals surface area contributed by atoms with Crippen LogP contribution in [-0.4, -0.2) is 51.6 Å². The third-order valence-electron chi connectivity index (χ3n) is 4.04. The summed E-state index contributed by atoms with van der Waals surface area (Å²) in [6.07, 6.45) is 4.02. The summed E-state index contributed by atoms with van der Waals surface area (Å²) >= 11 is 0. The molecular weight excluding hydrogens is 224 g/mol. The first-order valence-electron chi connectivity index (χ1n) is 7.12. The number of nitrogens with zero attached hydrogens (tertiary/aromatic N) is 4. The number of imidazole rings is 1. The smallest absolute Gasteiger partial charge is 0.0952 e. The van der Waals surface area contributed by atoms with Crippen LogP contribution in [0.15, 0.2) is 12.5 Å². The molecule has 0 aliphatic carbocycles. The highest BCUT2D eigenvalue weighted by Crippen LogP contribution is 2.23. The molecule has 0 aromatic carbocycles. The second-order valence-electron chi connectivity index (χ2n) is 5.46. The van der Waals surface area contributed by atoms with Crippen molar-refractivity contribution in [2.75, 3.05) is 26.2 Å². The number of fused-ring (bicyclic) bond motifs is 1. The second kappa shape index (κ2) is 5.85. The van der Waals surface area contributed by atoms with Crippen LogP contribution in [-0.2, 0) is 6.54 Å². The molecule has 0 N–H and O–H groups in total. The van der Waals surface area contributed by atoms with Crippen molar-refractivity contribution in [2.45, 2.75) is 46.3 Å². The fraction of sp³-hybridized carbons (Fsp3) is 0.786. The minimum absolute atomic E-state index is 0.540. The lowest BCUT2D eigenvalue weighted by atomic mass is 10.1. The van der Waals surface area contributed by atoms with Gasteiger partial charge in [0.05, 0.1) is 18.1 Å². The summed E-state index contributed by atoms with van der Waals surface area (Å²) < 4.78 is 2.37. The number of rotatable bonds is 5. The van der Waals surface area contributed by atoms with E-state index in [1.54, 1.807) is 0 Å². The van der Waals surface area contributed by atoms with Crippen LogP contribution >= 0.6 is 0 Å². The van der Waals surface area contributed by atoms with E-state index < -0.39 is 0 Å². The summed E-state index contributed by atoms with van der Waals surface area (Å²) in [5.41, 5.74) is 1.35. The Bertz CT molecular complexity index is 368. The lowest BCUT2D eigenvalue weighted by molar-refractivity contribution is 0.122. The van der Waals surface area contributed by atoms with Crippen molar-refractivity contribution in [3.05, 3.63) is 18.2 Å². The highest BCUT2D eigenvalue weighted by atomic mass is 15.3. The molecule has 1 aromatic heterocycles. The zero-order valence-corrected chi connectivity index (χ0v) is 12.1. The Labute approximate surface area is 111 Å². The van der Waals surface area contributed by atoms with Crippen molar-refractivity contribution < 1.29 is 0 Å². The van der Waals surface area contributed by atoms with E-state index in [2.05, 4.69) is 47.0 Å². The van der Waals surface area contributed by atoms with Gasteiger partial charge in [-0.25, -0.2) is 4.98 Å². The molecule has 0 saturated carbocycles. The summed E-state index contributed by atoms with van der Waals surface area (Å²) in [5, 5.41) is 0. The molecule has 1 unspecified atom stereocenters. The molecule has 1 aliphatic rings. The van der Waals surface area contributed by atoms with Crippen LogP contribution in [0.3, 0.4) is 0 Å². The number of hydrogen-bond donors (Lipinski definition) is 0. The zero-order chi connectivity index (χ0) is 13.1. The largest absolute Gasteiger partial charge is 0.328 e. The van der Waals surface area contributed by atoms with Gasteiger partial charge in [0.2, 0.25) is 0 Å². The Kier molecular flexibility index (Phi) is 4.40. The van der Waals surface area contributed by atoms with E-state index >= 15 is 0 Å². The molecule has 1 aromatic rings. The quantitative estimate of drug-likeness (QED) is 0.799. The van der Waals surface area contributed by atoms with Gasteiger partial charge >= 0.3 is 0 Å². The molecule has 0 fully saturated rings. The van der Waals surface area contributed by atoms with E-state index in [9.17, 15) is 0 Å². The molecule has 18 heavy (non-hydrogen) atoms. The van der Waals surface area contributed by atoms with Gasteiger partial charge in [0.1, 0.15) is 0 Å².